The van der Waals surface area contributed by atoms with Gasteiger partial charge in [0.05, 0.1) is 4.92 Å². The summed E-state index contributed by atoms with van der Waals surface area (Å²) >= 11 is 0. The Bertz CT molecular complexity index is 345. The Morgan fingerprint density at radius 2 is 2.29 bits per heavy atom. The summed E-state index contributed by atoms with van der Waals surface area (Å²) in [5.74, 6) is 0.126. The molecule has 6 heteroatoms. The zero-order valence-electron chi connectivity index (χ0n) is 8.36. The quantitative estimate of drug-likeness (QED) is 0.582. The van der Waals surface area contributed by atoms with Gasteiger partial charge in [-0.25, -0.2) is 4.68 Å². The molecule has 0 bridgehead atoms. The van der Waals surface area contributed by atoms with Crippen LogP contribution < -0.4 is 5.73 Å². The highest BCUT2D eigenvalue weighted by molar-refractivity contribution is 5.56. The minimum atomic E-state index is -0.465. The number of hydrogen-bond donors (Lipinski definition) is 1. The maximum atomic E-state index is 10.7. The Morgan fingerprint density at radius 3 is 2.79 bits per heavy atom. The van der Waals surface area contributed by atoms with Crippen LogP contribution in [0.4, 0.5) is 11.5 Å². The smallest absolute Gasteiger partial charge is 0.333 e. The number of hydrogen-bond acceptors (Lipinski definition) is 4. The summed E-state index contributed by atoms with van der Waals surface area (Å²) in [5.41, 5.74) is 5.98. The summed E-state index contributed by atoms with van der Waals surface area (Å²) in [6, 6.07) is 0. The van der Waals surface area contributed by atoms with Crippen LogP contribution in [0.2, 0.25) is 0 Å². The Balaban J connectivity index is 3.03. The maximum Gasteiger partial charge on any atom is 0.333 e. The Morgan fingerprint density at radius 1 is 1.64 bits per heavy atom. The van der Waals surface area contributed by atoms with E-state index in [2.05, 4.69) is 5.10 Å². The topological polar surface area (TPSA) is 87.0 Å². The summed E-state index contributed by atoms with van der Waals surface area (Å²) in [7, 11) is 1.61. The van der Waals surface area contributed by atoms with Crippen molar-refractivity contribution in [2.45, 2.75) is 26.2 Å². The minimum Gasteiger partial charge on any atom is -0.378 e. The molecule has 0 unspecified atom stereocenters. The average molecular weight is 198 g/mol. The largest absolute Gasteiger partial charge is 0.378 e. The van der Waals surface area contributed by atoms with E-state index < -0.39 is 4.92 Å². The van der Waals surface area contributed by atoms with Crippen LogP contribution in [0.15, 0.2) is 0 Å². The molecule has 0 spiro atoms. The van der Waals surface area contributed by atoms with Crippen molar-refractivity contribution in [2.75, 3.05) is 5.73 Å². The van der Waals surface area contributed by atoms with Crippen molar-refractivity contribution in [3.63, 3.8) is 0 Å². The summed E-state index contributed by atoms with van der Waals surface area (Å²) < 4.78 is 1.35. The molecule has 0 atom stereocenters. The number of nitrogens with two attached hydrogens (primary N) is 1. The zero-order valence-corrected chi connectivity index (χ0v) is 8.36. The van der Waals surface area contributed by atoms with Gasteiger partial charge in [-0.1, -0.05) is 13.3 Å². The molecule has 2 N–H and O–H groups in total. The number of nitro groups is 1. The van der Waals surface area contributed by atoms with Gasteiger partial charge in [0.25, 0.3) is 0 Å². The molecule has 0 fully saturated rings. The highest BCUT2D eigenvalue weighted by Crippen LogP contribution is 2.26. The number of aryl methyl sites for hydroxylation is 2. The third-order valence-electron chi connectivity index (χ3n) is 2.09. The third-order valence-corrected chi connectivity index (χ3v) is 2.09. The molecule has 0 amide bonds. The van der Waals surface area contributed by atoms with Crippen LogP contribution in [-0.2, 0) is 13.5 Å². The van der Waals surface area contributed by atoms with Crippen molar-refractivity contribution in [3.8, 4) is 0 Å². The van der Waals surface area contributed by atoms with Crippen molar-refractivity contribution in [2.24, 2.45) is 7.05 Å². The molecule has 0 saturated heterocycles. The molecule has 0 aliphatic rings. The molecule has 0 aliphatic heterocycles. The number of nitrogens with zero attached hydrogens (tertiary/aromatic N) is 3. The van der Waals surface area contributed by atoms with E-state index in [1.807, 2.05) is 6.92 Å². The van der Waals surface area contributed by atoms with Gasteiger partial charge in [-0.15, -0.1) is 0 Å². The van der Waals surface area contributed by atoms with E-state index in [1.165, 1.54) is 4.68 Å². The minimum absolute atomic E-state index is 0.0408. The Kier molecular flexibility index (Phi) is 3.06. The van der Waals surface area contributed by atoms with Crippen LogP contribution in [0.1, 0.15) is 25.5 Å². The lowest BCUT2D eigenvalue weighted by Gasteiger charge is -1.93. The van der Waals surface area contributed by atoms with Crippen LogP contribution in [0.5, 0.6) is 0 Å². The number of unbranched alkanes of at least 4 members (excludes halogenated alkanes) is 1. The van der Waals surface area contributed by atoms with Crippen LogP contribution >= 0.6 is 0 Å². The van der Waals surface area contributed by atoms with Gasteiger partial charge in [0.15, 0.2) is 0 Å². The van der Waals surface area contributed by atoms with Gasteiger partial charge in [-0.2, -0.15) is 5.10 Å². The first kappa shape index (κ1) is 10.5. The SMILES string of the molecule is CCCCc1nn(C)c(N)c1[N+](=O)[O-]. The third kappa shape index (κ3) is 1.84. The van der Waals surface area contributed by atoms with E-state index in [9.17, 15) is 10.1 Å². The lowest BCUT2D eigenvalue weighted by Crippen LogP contribution is -1.99. The number of anilines is 1. The van der Waals surface area contributed by atoms with Crippen LogP contribution in [-0.4, -0.2) is 14.7 Å². The second-order valence-electron chi connectivity index (χ2n) is 3.16. The molecule has 1 heterocycles. The lowest BCUT2D eigenvalue weighted by atomic mass is 10.2. The average Bonchev–Trinajstić information content (AvgIpc) is 2.39. The van der Waals surface area contributed by atoms with Crippen LogP contribution in [0.3, 0.4) is 0 Å². The van der Waals surface area contributed by atoms with E-state index in [0.29, 0.717) is 12.1 Å². The van der Waals surface area contributed by atoms with Crippen molar-refractivity contribution in [3.05, 3.63) is 15.8 Å². The van der Waals surface area contributed by atoms with E-state index in [4.69, 9.17) is 5.73 Å². The van der Waals surface area contributed by atoms with Crippen LogP contribution in [0, 0.1) is 10.1 Å². The fourth-order valence-electron chi connectivity index (χ4n) is 1.29. The molecule has 1 aromatic heterocycles. The predicted octanol–water partition coefficient (Wildman–Crippen LogP) is 1.25. The number of rotatable bonds is 4. The second kappa shape index (κ2) is 4.08. The fourth-order valence-corrected chi connectivity index (χ4v) is 1.29. The molecule has 1 aromatic rings. The first-order valence-corrected chi connectivity index (χ1v) is 4.53. The number of aromatic nitrogens is 2. The predicted molar refractivity (Wildman–Crippen MR) is 52.9 cm³/mol. The van der Waals surface area contributed by atoms with Crippen molar-refractivity contribution in [1.29, 1.82) is 0 Å². The first-order valence-electron chi connectivity index (χ1n) is 4.53. The first-order chi connectivity index (χ1) is 6.57. The summed E-state index contributed by atoms with van der Waals surface area (Å²) in [6.07, 6.45) is 2.47. The summed E-state index contributed by atoms with van der Waals surface area (Å²) in [4.78, 5) is 10.2. The lowest BCUT2D eigenvalue weighted by molar-refractivity contribution is -0.384. The van der Waals surface area contributed by atoms with E-state index in [0.717, 1.165) is 12.8 Å². The highest BCUT2D eigenvalue weighted by Gasteiger charge is 2.23. The molecule has 1 rings (SSSR count). The monoisotopic (exact) mass is 198 g/mol. The number of nitrogen functional groups attached to an aromatic ring is 1. The van der Waals surface area contributed by atoms with Crippen molar-refractivity contribution < 1.29 is 4.92 Å². The molecule has 0 radical (unpaired) electrons. The molecular weight excluding hydrogens is 184 g/mol. The van der Waals surface area contributed by atoms with E-state index >= 15 is 0 Å². The van der Waals surface area contributed by atoms with Gasteiger partial charge >= 0.3 is 5.69 Å². The van der Waals surface area contributed by atoms with E-state index in [1.54, 1.807) is 7.05 Å². The maximum absolute atomic E-state index is 10.7. The molecule has 0 saturated carbocycles. The van der Waals surface area contributed by atoms with Crippen molar-refractivity contribution in [1.82, 2.24) is 9.78 Å². The second-order valence-corrected chi connectivity index (χ2v) is 3.16. The van der Waals surface area contributed by atoms with E-state index in [-0.39, 0.29) is 11.5 Å². The molecular formula is C8H14N4O2. The zero-order chi connectivity index (χ0) is 10.7. The van der Waals surface area contributed by atoms with Crippen molar-refractivity contribution >= 4 is 11.5 Å². The molecule has 0 aliphatic carbocycles. The van der Waals surface area contributed by atoms with Gasteiger partial charge < -0.3 is 5.73 Å². The normalized spacial score (nSPS) is 10.4. The molecule has 0 aromatic carbocycles. The van der Waals surface area contributed by atoms with Crippen LogP contribution in [0.25, 0.3) is 0 Å². The Labute approximate surface area is 81.9 Å². The molecule has 14 heavy (non-hydrogen) atoms. The Hall–Kier alpha value is -1.59. The van der Waals surface area contributed by atoms with Gasteiger partial charge in [-0.3, -0.25) is 10.1 Å². The highest BCUT2D eigenvalue weighted by atomic mass is 16.6. The van der Waals surface area contributed by atoms with Gasteiger partial charge in [-0.05, 0) is 12.8 Å². The van der Waals surface area contributed by atoms with Gasteiger partial charge in [0.1, 0.15) is 5.69 Å². The molecule has 78 valence electrons. The van der Waals surface area contributed by atoms with Gasteiger partial charge in [0, 0.05) is 7.05 Å². The fraction of sp³-hybridized carbons (Fsp3) is 0.625. The molecule has 6 nitrogen and oxygen atoms in total. The summed E-state index contributed by atoms with van der Waals surface area (Å²) in [6.45, 7) is 2.03. The summed E-state index contributed by atoms with van der Waals surface area (Å²) in [5, 5.41) is 14.7. The standard InChI is InChI=1S/C8H14N4O2/c1-3-4-5-6-7(12(13)14)8(9)11(2)10-6/h3-5,9H2,1-2H3. The van der Waals surface area contributed by atoms with Gasteiger partial charge in [0.2, 0.25) is 5.82 Å².